The normalized spacial score (nSPS) is 22.8. The number of furan rings is 1. The van der Waals surface area contributed by atoms with Gasteiger partial charge in [0, 0.05) is 25.6 Å². The largest absolute Gasteiger partial charge is 0.507 e. The van der Waals surface area contributed by atoms with Gasteiger partial charge in [0.05, 0.1) is 12.2 Å². The van der Waals surface area contributed by atoms with Gasteiger partial charge in [-0.15, -0.1) is 0 Å². The Labute approximate surface area is 168 Å². The Hall–Kier alpha value is -3.06. The van der Waals surface area contributed by atoms with E-state index in [2.05, 4.69) is 0 Å². The van der Waals surface area contributed by atoms with E-state index in [1.165, 1.54) is 12.0 Å². The summed E-state index contributed by atoms with van der Waals surface area (Å²) in [7, 11) is 1.52. The predicted octanol–water partition coefficient (Wildman–Crippen LogP) is 2.98. The maximum Gasteiger partial charge on any atom is 0.295 e. The Morgan fingerprint density at radius 2 is 2.07 bits per heavy atom. The molecular formula is C22H23NO6. The van der Waals surface area contributed by atoms with Gasteiger partial charge in [0.15, 0.2) is 0 Å². The number of aryl methyl sites for hydroxylation is 1. The molecule has 0 radical (unpaired) electrons. The molecule has 0 aliphatic carbocycles. The minimum Gasteiger partial charge on any atom is -0.507 e. The molecule has 7 nitrogen and oxygen atoms in total. The monoisotopic (exact) mass is 397 g/mol. The first-order chi connectivity index (χ1) is 13.9. The van der Waals surface area contributed by atoms with Crippen LogP contribution in [-0.4, -0.2) is 48.1 Å². The third-order valence-electron chi connectivity index (χ3n) is 5.28. The molecule has 2 atom stereocenters. The van der Waals surface area contributed by atoms with E-state index in [0.717, 1.165) is 17.7 Å². The van der Waals surface area contributed by atoms with Gasteiger partial charge in [0.1, 0.15) is 35.2 Å². The number of fused-ring (bicyclic) bond motifs is 1. The second kappa shape index (κ2) is 7.40. The second-order valence-corrected chi connectivity index (χ2v) is 7.39. The molecule has 152 valence electrons. The van der Waals surface area contributed by atoms with E-state index < -0.39 is 17.7 Å². The molecule has 2 aliphatic heterocycles. The Balaban J connectivity index is 1.81. The quantitative estimate of drug-likeness (QED) is 0.474. The number of hydrogen-bond donors (Lipinski definition) is 1. The van der Waals surface area contributed by atoms with E-state index in [1.807, 2.05) is 6.92 Å². The molecule has 1 amide bonds. The molecule has 0 spiro atoms. The van der Waals surface area contributed by atoms with Crippen LogP contribution >= 0.6 is 0 Å². The van der Waals surface area contributed by atoms with Crippen molar-refractivity contribution in [3.05, 3.63) is 58.6 Å². The number of methoxy groups -OCH3 is 1. The number of carbonyl (C=O) groups excluding carboxylic acids is 2. The summed E-state index contributed by atoms with van der Waals surface area (Å²) in [4.78, 5) is 26.9. The molecule has 7 heteroatoms. The van der Waals surface area contributed by atoms with E-state index in [0.29, 0.717) is 17.1 Å². The topological polar surface area (TPSA) is 89.2 Å². The van der Waals surface area contributed by atoms with E-state index in [9.17, 15) is 14.7 Å². The Kier molecular flexibility index (Phi) is 4.92. The lowest BCUT2D eigenvalue weighted by atomic mass is 9.97. The van der Waals surface area contributed by atoms with Crippen LogP contribution in [0.5, 0.6) is 5.75 Å². The number of likely N-dealkylation sites (tertiary alicyclic amines) is 1. The Morgan fingerprint density at radius 1 is 1.28 bits per heavy atom. The molecular weight excluding hydrogens is 374 g/mol. The fourth-order valence-electron chi connectivity index (χ4n) is 3.92. The summed E-state index contributed by atoms with van der Waals surface area (Å²) in [5.41, 5.74) is 1.45. The van der Waals surface area contributed by atoms with Crippen molar-refractivity contribution in [2.45, 2.75) is 32.4 Å². The number of amides is 1. The lowest BCUT2D eigenvalue weighted by molar-refractivity contribution is -0.140. The van der Waals surface area contributed by atoms with Crippen LogP contribution in [0.1, 0.15) is 35.6 Å². The van der Waals surface area contributed by atoms with Gasteiger partial charge in [0.25, 0.3) is 11.7 Å². The number of nitrogens with zero attached hydrogens (tertiary/aromatic N) is 1. The van der Waals surface area contributed by atoms with Crippen LogP contribution in [0.2, 0.25) is 0 Å². The van der Waals surface area contributed by atoms with Gasteiger partial charge < -0.3 is 23.9 Å². The van der Waals surface area contributed by atoms with E-state index in [-0.39, 0.29) is 30.6 Å². The van der Waals surface area contributed by atoms with Crippen LogP contribution < -0.4 is 4.74 Å². The first-order valence-electron chi connectivity index (χ1n) is 9.54. The smallest absolute Gasteiger partial charge is 0.295 e. The van der Waals surface area contributed by atoms with Crippen LogP contribution in [0.25, 0.3) is 5.76 Å². The molecule has 0 saturated carbocycles. The summed E-state index contributed by atoms with van der Waals surface area (Å²) in [5.74, 6) is 0.222. The molecule has 1 N–H and O–H groups in total. The van der Waals surface area contributed by atoms with Gasteiger partial charge in [-0.25, -0.2) is 0 Å². The maximum absolute atomic E-state index is 12.9. The molecule has 29 heavy (non-hydrogen) atoms. The SMILES string of the molecule is COCCN1C(=O)C(=O)C(=C(O)c2ccc3c(c2)C[C@H](C)O3)[C@@H]1c1ccc(C)o1. The first kappa shape index (κ1) is 19.3. The third-order valence-corrected chi connectivity index (χ3v) is 5.28. The van der Waals surface area contributed by atoms with Gasteiger partial charge >= 0.3 is 0 Å². The molecule has 4 rings (SSSR count). The molecule has 1 aromatic carbocycles. The summed E-state index contributed by atoms with van der Waals surface area (Å²) in [6.07, 6.45) is 0.785. The number of Topliss-reactive ketones (excluding diaryl/α,β-unsaturated/α-hetero) is 1. The minimum absolute atomic E-state index is 0.0207. The zero-order chi connectivity index (χ0) is 20.7. The zero-order valence-corrected chi connectivity index (χ0v) is 16.6. The standard InChI is InChI=1S/C22H23NO6/c1-12-4-6-17(28-12)19-18(21(25)22(26)23(19)8-9-27-3)20(24)14-5-7-16-15(11-14)10-13(2)29-16/h4-7,11,13,19,24H,8-10H2,1-3H3/t13-,19-/m0/s1. The van der Waals surface area contributed by atoms with Gasteiger partial charge in [-0.3, -0.25) is 9.59 Å². The molecule has 1 aromatic heterocycles. The van der Waals surface area contributed by atoms with Crippen LogP contribution in [0, 0.1) is 6.92 Å². The van der Waals surface area contributed by atoms with Gasteiger partial charge in [0.2, 0.25) is 0 Å². The van der Waals surface area contributed by atoms with Crippen molar-refractivity contribution in [1.82, 2.24) is 4.90 Å². The minimum atomic E-state index is -0.803. The van der Waals surface area contributed by atoms with Crippen molar-refractivity contribution in [2.24, 2.45) is 0 Å². The molecule has 2 aliphatic rings. The second-order valence-electron chi connectivity index (χ2n) is 7.39. The van der Waals surface area contributed by atoms with Crippen molar-refractivity contribution in [3.63, 3.8) is 0 Å². The van der Waals surface area contributed by atoms with Gasteiger partial charge in [-0.2, -0.15) is 0 Å². The van der Waals surface area contributed by atoms with E-state index in [1.54, 1.807) is 37.3 Å². The molecule has 2 aromatic rings. The molecule has 1 saturated heterocycles. The zero-order valence-electron chi connectivity index (χ0n) is 16.6. The van der Waals surface area contributed by atoms with Crippen molar-refractivity contribution in [1.29, 1.82) is 0 Å². The van der Waals surface area contributed by atoms with E-state index >= 15 is 0 Å². The van der Waals surface area contributed by atoms with Crippen LogP contribution in [0.15, 0.2) is 40.3 Å². The summed E-state index contributed by atoms with van der Waals surface area (Å²) in [5, 5.41) is 11.1. The van der Waals surface area contributed by atoms with Crippen molar-refractivity contribution in [3.8, 4) is 5.75 Å². The van der Waals surface area contributed by atoms with Gasteiger partial charge in [-0.1, -0.05) is 0 Å². The Bertz CT molecular complexity index is 1000. The predicted molar refractivity (Wildman–Crippen MR) is 105 cm³/mol. The lowest BCUT2D eigenvalue weighted by Gasteiger charge is -2.22. The number of benzene rings is 1. The molecule has 0 unspecified atom stereocenters. The Morgan fingerprint density at radius 3 is 2.76 bits per heavy atom. The van der Waals surface area contributed by atoms with Crippen molar-refractivity contribution in [2.75, 3.05) is 20.3 Å². The van der Waals surface area contributed by atoms with Crippen molar-refractivity contribution >= 4 is 17.4 Å². The summed E-state index contributed by atoms with van der Waals surface area (Å²) in [6.45, 7) is 4.22. The number of carbonyl (C=O) groups is 2. The highest BCUT2D eigenvalue weighted by Gasteiger charge is 2.47. The maximum atomic E-state index is 12.9. The molecule has 0 bridgehead atoms. The number of aliphatic hydroxyl groups is 1. The summed E-state index contributed by atoms with van der Waals surface area (Å²) in [6, 6.07) is 7.96. The third kappa shape index (κ3) is 3.31. The average molecular weight is 397 g/mol. The molecule has 3 heterocycles. The summed E-state index contributed by atoms with van der Waals surface area (Å²) >= 11 is 0. The van der Waals surface area contributed by atoms with Gasteiger partial charge in [-0.05, 0) is 49.7 Å². The summed E-state index contributed by atoms with van der Waals surface area (Å²) < 4.78 is 16.5. The number of hydrogen-bond acceptors (Lipinski definition) is 6. The van der Waals surface area contributed by atoms with Crippen molar-refractivity contribution < 1.29 is 28.6 Å². The average Bonchev–Trinajstić information content (AvgIpc) is 3.35. The van der Waals surface area contributed by atoms with Crippen LogP contribution in [0.3, 0.4) is 0 Å². The lowest BCUT2D eigenvalue weighted by Crippen LogP contribution is -2.32. The molecule has 1 fully saturated rings. The van der Waals surface area contributed by atoms with Crippen LogP contribution in [0.4, 0.5) is 0 Å². The highest BCUT2D eigenvalue weighted by atomic mass is 16.5. The van der Waals surface area contributed by atoms with E-state index in [4.69, 9.17) is 13.9 Å². The number of ketones is 1. The van der Waals surface area contributed by atoms with Crippen LogP contribution in [-0.2, 0) is 20.7 Å². The highest BCUT2D eigenvalue weighted by Crippen LogP contribution is 2.40. The first-order valence-corrected chi connectivity index (χ1v) is 9.54. The fourth-order valence-corrected chi connectivity index (χ4v) is 3.92. The number of rotatable bonds is 5. The highest BCUT2D eigenvalue weighted by molar-refractivity contribution is 6.46. The number of ether oxygens (including phenoxy) is 2. The fraction of sp³-hybridized carbons (Fsp3) is 0.364. The number of aliphatic hydroxyl groups excluding tert-OH is 1.